The molecule has 1 aromatic rings. The zero-order chi connectivity index (χ0) is 21.1. The lowest BCUT2D eigenvalue weighted by Gasteiger charge is -2.17. The minimum atomic E-state index is -0.858. The van der Waals surface area contributed by atoms with Crippen LogP contribution in [0.5, 0.6) is 0 Å². The van der Waals surface area contributed by atoms with Crippen molar-refractivity contribution in [2.24, 2.45) is 0 Å². The molecule has 0 unspecified atom stereocenters. The molecule has 0 spiro atoms. The largest absolute Gasteiger partial charge is 0.464 e. The van der Waals surface area contributed by atoms with E-state index in [2.05, 4.69) is 12.2 Å². The summed E-state index contributed by atoms with van der Waals surface area (Å²) in [6.45, 7) is 4.06. The highest BCUT2D eigenvalue weighted by atomic mass is 32.2. The van der Waals surface area contributed by atoms with E-state index in [-0.39, 0.29) is 12.4 Å². The van der Waals surface area contributed by atoms with E-state index in [0.717, 1.165) is 31.4 Å². The maximum absolute atomic E-state index is 12.7. The van der Waals surface area contributed by atoms with Crippen molar-refractivity contribution in [2.75, 3.05) is 12.4 Å². The average molecular weight is 422 g/mol. The Morgan fingerprint density at radius 1 is 1.10 bits per heavy atom. The molecule has 0 aromatic heterocycles. The number of rotatable bonds is 14. The van der Waals surface area contributed by atoms with Crippen LogP contribution in [-0.2, 0) is 29.6 Å². The Labute approximate surface area is 177 Å². The summed E-state index contributed by atoms with van der Waals surface area (Å²) < 4.78 is 10.0. The first-order chi connectivity index (χ1) is 14.1. The van der Waals surface area contributed by atoms with Crippen molar-refractivity contribution in [3.8, 4) is 0 Å². The zero-order valence-corrected chi connectivity index (χ0v) is 18.0. The van der Waals surface area contributed by atoms with Gasteiger partial charge in [0.05, 0.1) is 12.6 Å². The number of benzene rings is 1. The van der Waals surface area contributed by atoms with Gasteiger partial charge in [-0.2, -0.15) is 11.8 Å². The number of esters is 1. The Balaban J connectivity index is 1.86. The smallest absolute Gasteiger partial charge is 0.338 e. The molecule has 1 fully saturated rings. The van der Waals surface area contributed by atoms with Crippen molar-refractivity contribution >= 4 is 29.4 Å². The summed E-state index contributed by atoms with van der Waals surface area (Å²) in [6, 6.07) is 9.42. The first kappa shape index (κ1) is 23.4. The number of hydrogen-bond donors (Lipinski definition) is 1. The number of carbonyl (C=O) groups is 3. The maximum Gasteiger partial charge on any atom is 0.338 e. The number of ketones is 1. The fourth-order valence-electron chi connectivity index (χ4n) is 2.95. The van der Waals surface area contributed by atoms with Gasteiger partial charge in [-0.25, -0.2) is 4.79 Å². The zero-order valence-electron chi connectivity index (χ0n) is 17.2. The molecular weight excluding hydrogens is 390 g/mol. The van der Waals surface area contributed by atoms with Crippen molar-refractivity contribution < 1.29 is 23.9 Å². The molecule has 7 heteroatoms. The molecule has 1 N–H and O–H groups in total. The van der Waals surface area contributed by atoms with Crippen molar-refractivity contribution in [3.63, 3.8) is 0 Å². The van der Waals surface area contributed by atoms with Crippen molar-refractivity contribution in [1.82, 2.24) is 5.32 Å². The molecule has 1 amide bonds. The van der Waals surface area contributed by atoms with Crippen LogP contribution in [0.15, 0.2) is 30.3 Å². The summed E-state index contributed by atoms with van der Waals surface area (Å²) in [6.07, 6.45) is 2.78. The number of epoxide rings is 1. The van der Waals surface area contributed by atoms with E-state index >= 15 is 0 Å². The molecule has 2 rings (SSSR count). The second kappa shape index (κ2) is 12.6. The van der Waals surface area contributed by atoms with Gasteiger partial charge >= 0.3 is 5.97 Å². The van der Waals surface area contributed by atoms with Crippen molar-refractivity contribution in [3.05, 3.63) is 35.9 Å². The summed E-state index contributed by atoms with van der Waals surface area (Å²) in [7, 11) is 0. The van der Waals surface area contributed by atoms with Gasteiger partial charge in [-0.3, -0.25) is 9.59 Å². The lowest BCUT2D eigenvalue weighted by molar-refractivity contribution is -0.144. The standard InChI is InChI=1S/C22H31NO5S/c1-3-5-6-10-13-18(24)17(15-29-14-16-11-8-7-9-12-16)23-21(25)19-20(28-19)22(26)27-4-2/h7-9,11-12,17,19-20H,3-6,10,13-15H2,1-2H3,(H,23,25)/t17-,19-,20-/m0/s1. The topological polar surface area (TPSA) is 85.0 Å². The first-order valence-electron chi connectivity index (χ1n) is 10.3. The lowest BCUT2D eigenvalue weighted by atomic mass is 10.1. The summed E-state index contributed by atoms with van der Waals surface area (Å²) in [5.74, 6) is 0.332. The van der Waals surface area contributed by atoms with E-state index in [4.69, 9.17) is 9.47 Å². The molecule has 160 valence electrons. The predicted molar refractivity (Wildman–Crippen MR) is 114 cm³/mol. The molecule has 0 saturated carbocycles. The molecule has 1 saturated heterocycles. The van der Waals surface area contributed by atoms with Crippen LogP contribution in [0, 0.1) is 0 Å². The molecule has 6 nitrogen and oxygen atoms in total. The molecule has 0 bridgehead atoms. The number of unbranched alkanes of at least 4 members (excludes halogenated alkanes) is 3. The van der Waals surface area contributed by atoms with Gasteiger partial charge in [-0.15, -0.1) is 0 Å². The van der Waals surface area contributed by atoms with E-state index in [1.165, 1.54) is 5.56 Å². The number of thioether (sulfide) groups is 1. The minimum absolute atomic E-state index is 0.0309. The fourth-order valence-corrected chi connectivity index (χ4v) is 4.00. The Morgan fingerprint density at radius 3 is 2.55 bits per heavy atom. The van der Waals surface area contributed by atoms with E-state index in [1.807, 2.05) is 30.3 Å². The van der Waals surface area contributed by atoms with Crippen LogP contribution in [0.2, 0.25) is 0 Å². The van der Waals surface area contributed by atoms with Crippen molar-refractivity contribution in [2.45, 2.75) is 70.0 Å². The number of hydrogen-bond acceptors (Lipinski definition) is 6. The molecule has 1 aromatic carbocycles. The van der Waals surface area contributed by atoms with Gasteiger partial charge in [0.15, 0.2) is 18.0 Å². The fraction of sp³-hybridized carbons (Fsp3) is 0.591. The van der Waals surface area contributed by atoms with Gasteiger partial charge in [0.1, 0.15) is 0 Å². The number of amides is 1. The van der Waals surface area contributed by atoms with Crippen LogP contribution in [0.1, 0.15) is 51.5 Å². The van der Waals surface area contributed by atoms with Crippen LogP contribution in [0.3, 0.4) is 0 Å². The molecular formula is C22H31NO5S. The first-order valence-corrected chi connectivity index (χ1v) is 11.5. The summed E-state index contributed by atoms with van der Waals surface area (Å²) in [4.78, 5) is 36.8. The Bertz CT molecular complexity index is 666. The molecule has 1 aliphatic rings. The summed E-state index contributed by atoms with van der Waals surface area (Å²) in [5, 5.41) is 2.79. The maximum atomic E-state index is 12.7. The highest BCUT2D eigenvalue weighted by molar-refractivity contribution is 7.98. The summed E-state index contributed by atoms with van der Waals surface area (Å²) in [5.41, 5.74) is 1.17. The van der Waals surface area contributed by atoms with Gasteiger partial charge in [-0.05, 0) is 18.9 Å². The third-order valence-corrected chi connectivity index (χ3v) is 5.75. The van der Waals surface area contributed by atoms with Gasteiger partial charge < -0.3 is 14.8 Å². The molecule has 1 heterocycles. The highest BCUT2D eigenvalue weighted by Crippen LogP contribution is 2.24. The van der Waals surface area contributed by atoms with Crippen LogP contribution in [0.4, 0.5) is 0 Å². The van der Waals surface area contributed by atoms with Crippen LogP contribution < -0.4 is 5.32 Å². The lowest BCUT2D eigenvalue weighted by Crippen LogP contribution is -2.45. The predicted octanol–water partition coefficient (Wildman–Crippen LogP) is 3.27. The molecule has 3 atom stereocenters. The quantitative estimate of drug-likeness (QED) is 0.282. The van der Waals surface area contributed by atoms with E-state index in [1.54, 1.807) is 18.7 Å². The monoisotopic (exact) mass is 421 g/mol. The van der Waals surface area contributed by atoms with Crippen LogP contribution in [0.25, 0.3) is 0 Å². The van der Waals surface area contributed by atoms with Crippen LogP contribution >= 0.6 is 11.8 Å². The molecule has 1 aliphatic heterocycles. The van der Waals surface area contributed by atoms with Gasteiger partial charge in [0.25, 0.3) is 5.91 Å². The average Bonchev–Trinajstić information content (AvgIpc) is 3.52. The Morgan fingerprint density at radius 2 is 1.86 bits per heavy atom. The van der Waals surface area contributed by atoms with E-state index in [9.17, 15) is 14.4 Å². The Hall–Kier alpha value is -1.86. The van der Waals surface area contributed by atoms with Gasteiger partial charge in [0.2, 0.25) is 0 Å². The second-order valence-corrected chi connectivity index (χ2v) is 8.10. The molecule has 0 aliphatic carbocycles. The molecule has 0 radical (unpaired) electrons. The Kier molecular flexibility index (Phi) is 10.2. The SMILES string of the molecule is CCCCCCC(=O)[C@H](CSCc1ccccc1)NC(=O)[C@H]1O[C@@H]1C(=O)OCC. The van der Waals surface area contributed by atoms with E-state index < -0.39 is 30.1 Å². The number of nitrogens with one attached hydrogen (secondary N) is 1. The highest BCUT2D eigenvalue weighted by Gasteiger charge is 2.52. The normalized spacial score (nSPS) is 18.7. The third kappa shape index (κ3) is 8.19. The minimum Gasteiger partial charge on any atom is -0.464 e. The number of carbonyl (C=O) groups excluding carboxylic acids is 3. The summed E-state index contributed by atoms with van der Waals surface area (Å²) >= 11 is 1.61. The van der Waals surface area contributed by atoms with E-state index in [0.29, 0.717) is 12.2 Å². The second-order valence-electron chi connectivity index (χ2n) is 7.07. The van der Waals surface area contributed by atoms with Gasteiger partial charge in [0, 0.05) is 17.9 Å². The van der Waals surface area contributed by atoms with Crippen LogP contribution in [-0.4, -0.2) is 48.3 Å². The number of Topliss-reactive ketones (excluding diaryl/α,β-unsaturated/α-hetero) is 1. The number of ether oxygens (including phenoxy) is 2. The van der Waals surface area contributed by atoms with Gasteiger partial charge in [-0.1, -0.05) is 56.5 Å². The third-order valence-electron chi connectivity index (χ3n) is 4.65. The molecule has 29 heavy (non-hydrogen) atoms. The van der Waals surface area contributed by atoms with Crippen molar-refractivity contribution in [1.29, 1.82) is 0 Å².